The number of hydrogen-bond donors (Lipinski definition) is 2. The molecule has 0 saturated carbocycles. The van der Waals surface area contributed by atoms with E-state index in [4.69, 9.17) is 15.2 Å². The first-order valence-corrected chi connectivity index (χ1v) is 7.42. The molecule has 1 unspecified atom stereocenters. The van der Waals surface area contributed by atoms with Crippen molar-refractivity contribution < 1.29 is 14.3 Å². The SMILES string of the molecule is COc1ccc(OC)c(CNC(=O)C(N)Cc2ccccc2)c1.Cl. The second-order valence-corrected chi connectivity index (χ2v) is 5.19. The van der Waals surface area contributed by atoms with Crippen LogP contribution in [0.1, 0.15) is 11.1 Å². The van der Waals surface area contributed by atoms with Gasteiger partial charge in [-0.05, 0) is 30.2 Å². The van der Waals surface area contributed by atoms with Crippen LogP contribution in [0.5, 0.6) is 11.5 Å². The number of carbonyl (C=O) groups is 1. The summed E-state index contributed by atoms with van der Waals surface area (Å²) < 4.78 is 10.5. The molecule has 5 nitrogen and oxygen atoms in total. The number of nitrogens with two attached hydrogens (primary N) is 1. The van der Waals surface area contributed by atoms with Gasteiger partial charge in [0.15, 0.2) is 0 Å². The summed E-state index contributed by atoms with van der Waals surface area (Å²) in [5.41, 5.74) is 7.85. The molecule has 2 aromatic rings. The highest BCUT2D eigenvalue weighted by Crippen LogP contribution is 2.23. The fourth-order valence-corrected chi connectivity index (χ4v) is 2.29. The highest BCUT2D eigenvalue weighted by atomic mass is 35.5. The first kappa shape index (κ1) is 19.8. The highest BCUT2D eigenvalue weighted by molar-refractivity contribution is 5.85. The van der Waals surface area contributed by atoms with Crippen LogP contribution in [0.4, 0.5) is 0 Å². The number of nitrogens with one attached hydrogen (secondary N) is 1. The summed E-state index contributed by atoms with van der Waals surface area (Å²) in [5.74, 6) is 1.21. The number of halogens is 1. The zero-order valence-electron chi connectivity index (χ0n) is 13.8. The Balaban J connectivity index is 0.00000288. The number of methoxy groups -OCH3 is 2. The minimum Gasteiger partial charge on any atom is -0.497 e. The lowest BCUT2D eigenvalue weighted by atomic mass is 10.1. The zero-order valence-corrected chi connectivity index (χ0v) is 14.6. The Labute approximate surface area is 148 Å². The van der Waals surface area contributed by atoms with E-state index < -0.39 is 6.04 Å². The number of ether oxygens (including phenoxy) is 2. The minimum absolute atomic E-state index is 0. The van der Waals surface area contributed by atoms with Gasteiger partial charge >= 0.3 is 0 Å². The van der Waals surface area contributed by atoms with Crippen LogP contribution in [0, 0.1) is 0 Å². The fourth-order valence-electron chi connectivity index (χ4n) is 2.29. The molecule has 0 radical (unpaired) electrons. The maximum atomic E-state index is 12.2. The van der Waals surface area contributed by atoms with Crippen molar-refractivity contribution in [3.63, 3.8) is 0 Å². The average Bonchev–Trinajstić information content (AvgIpc) is 2.60. The smallest absolute Gasteiger partial charge is 0.237 e. The van der Waals surface area contributed by atoms with E-state index in [2.05, 4.69) is 5.32 Å². The highest BCUT2D eigenvalue weighted by Gasteiger charge is 2.14. The van der Waals surface area contributed by atoms with Crippen LogP contribution in [0.25, 0.3) is 0 Å². The number of carbonyl (C=O) groups excluding carboxylic acids is 1. The van der Waals surface area contributed by atoms with Gasteiger partial charge in [0.2, 0.25) is 5.91 Å². The van der Waals surface area contributed by atoms with Gasteiger partial charge in [-0.3, -0.25) is 4.79 Å². The molecule has 2 rings (SSSR count). The number of benzene rings is 2. The predicted octanol–water partition coefficient (Wildman–Crippen LogP) is 2.31. The molecule has 1 amide bonds. The van der Waals surface area contributed by atoms with Crippen molar-refractivity contribution in [1.29, 1.82) is 0 Å². The molecule has 3 N–H and O–H groups in total. The van der Waals surface area contributed by atoms with E-state index in [0.29, 0.717) is 24.5 Å². The maximum absolute atomic E-state index is 12.2. The van der Waals surface area contributed by atoms with Crippen molar-refractivity contribution in [2.75, 3.05) is 14.2 Å². The Kier molecular flexibility index (Phi) is 8.09. The van der Waals surface area contributed by atoms with Crippen LogP contribution < -0.4 is 20.5 Å². The van der Waals surface area contributed by atoms with Crippen LogP contribution in [-0.4, -0.2) is 26.2 Å². The molecule has 0 fully saturated rings. The van der Waals surface area contributed by atoms with Gasteiger partial charge in [-0.15, -0.1) is 12.4 Å². The summed E-state index contributed by atoms with van der Waals surface area (Å²) in [6, 6.07) is 14.6. The summed E-state index contributed by atoms with van der Waals surface area (Å²) in [4.78, 5) is 12.2. The molecule has 0 bridgehead atoms. The molecule has 2 aromatic carbocycles. The topological polar surface area (TPSA) is 73.6 Å². The molecular formula is C18H23ClN2O3. The van der Waals surface area contributed by atoms with Crippen LogP contribution in [-0.2, 0) is 17.8 Å². The number of rotatable bonds is 7. The Bertz CT molecular complexity index is 650. The van der Waals surface area contributed by atoms with Crippen molar-refractivity contribution in [1.82, 2.24) is 5.32 Å². The van der Waals surface area contributed by atoms with E-state index in [1.165, 1.54) is 0 Å². The summed E-state index contributed by atoms with van der Waals surface area (Å²) >= 11 is 0. The maximum Gasteiger partial charge on any atom is 0.237 e. The summed E-state index contributed by atoms with van der Waals surface area (Å²) in [7, 11) is 3.19. The lowest BCUT2D eigenvalue weighted by Gasteiger charge is -2.14. The van der Waals surface area contributed by atoms with Crippen molar-refractivity contribution in [3.05, 3.63) is 59.7 Å². The Morgan fingerprint density at radius 1 is 1.12 bits per heavy atom. The van der Waals surface area contributed by atoms with Gasteiger partial charge in [-0.1, -0.05) is 30.3 Å². The van der Waals surface area contributed by atoms with Crippen LogP contribution in [0.15, 0.2) is 48.5 Å². The number of amides is 1. The molecule has 0 aromatic heterocycles. The predicted molar refractivity (Wildman–Crippen MR) is 96.8 cm³/mol. The Hall–Kier alpha value is -2.24. The molecule has 130 valence electrons. The summed E-state index contributed by atoms with van der Waals surface area (Å²) in [5, 5.41) is 2.85. The fraction of sp³-hybridized carbons (Fsp3) is 0.278. The van der Waals surface area contributed by atoms with Crippen LogP contribution in [0.3, 0.4) is 0 Å². The molecule has 0 aliphatic rings. The van der Waals surface area contributed by atoms with E-state index in [9.17, 15) is 4.79 Å². The third-order valence-electron chi connectivity index (χ3n) is 3.58. The minimum atomic E-state index is -0.589. The lowest BCUT2D eigenvalue weighted by molar-refractivity contribution is -0.122. The molecule has 6 heteroatoms. The first-order valence-electron chi connectivity index (χ1n) is 7.42. The molecule has 0 aliphatic heterocycles. The van der Waals surface area contributed by atoms with Crippen molar-refractivity contribution in [2.24, 2.45) is 5.73 Å². The Morgan fingerprint density at radius 2 is 1.83 bits per heavy atom. The monoisotopic (exact) mass is 350 g/mol. The third kappa shape index (κ3) is 5.44. The molecule has 0 heterocycles. The van der Waals surface area contributed by atoms with E-state index in [1.807, 2.05) is 48.5 Å². The van der Waals surface area contributed by atoms with Crippen LogP contribution >= 0.6 is 12.4 Å². The average molecular weight is 351 g/mol. The quantitative estimate of drug-likeness (QED) is 0.803. The summed E-state index contributed by atoms with van der Waals surface area (Å²) in [6.07, 6.45) is 0.502. The van der Waals surface area contributed by atoms with Gasteiger partial charge < -0.3 is 20.5 Å². The zero-order chi connectivity index (χ0) is 16.7. The molecule has 0 saturated heterocycles. The van der Waals surface area contributed by atoms with E-state index >= 15 is 0 Å². The molecule has 1 atom stereocenters. The molecular weight excluding hydrogens is 328 g/mol. The molecule has 0 spiro atoms. The van der Waals surface area contributed by atoms with Gasteiger partial charge in [0.1, 0.15) is 11.5 Å². The first-order chi connectivity index (χ1) is 11.1. The Morgan fingerprint density at radius 3 is 2.46 bits per heavy atom. The normalized spacial score (nSPS) is 11.1. The molecule has 0 aliphatic carbocycles. The van der Waals surface area contributed by atoms with E-state index in [1.54, 1.807) is 14.2 Å². The molecule has 24 heavy (non-hydrogen) atoms. The largest absolute Gasteiger partial charge is 0.497 e. The van der Waals surface area contributed by atoms with Gasteiger partial charge in [0.25, 0.3) is 0 Å². The van der Waals surface area contributed by atoms with Crippen LogP contribution in [0.2, 0.25) is 0 Å². The second-order valence-electron chi connectivity index (χ2n) is 5.19. The van der Waals surface area contributed by atoms with E-state index in [-0.39, 0.29) is 18.3 Å². The van der Waals surface area contributed by atoms with Crippen molar-refractivity contribution in [3.8, 4) is 11.5 Å². The van der Waals surface area contributed by atoms with Gasteiger partial charge in [0, 0.05) is 12.1 Å². The van der Waals surface area contributed by atoms with Crippen molar-refractivity contribution in [2.45, 2.75) is 19.0 Å². The van der Waals surface area contributed by atoms with E-state index in [0.717, 1.165) is 11.1 Å². The summed E-state index contributed by atoms with van der Waals surface area (Å²) in [6.45, 7) is 0.335. The third-order valence-corrected chi connectivity index (χ3v) is 3.58. The number of hydrogen-bond acceptors (Lipinski definition) is 4. The van der Waals surface area contributed by atoms with Gasteiger partial charge in [-0.25, -0.2) is 0 Å². The standard InChI is InChI=1S/C18H22N2O3.ClH/c1-22-15-8-9-17(23-2)14(11-15)12-20-18(21)16(19)10-13-6-4-3-5-7-13;/h3-9,11,16H,10,12,19H2,1-2H3,(H,20,21);1H. The van der Waals surface area contributed by atoms with Crippen molar-refractivity contribution >= 4 is 18.3 Å². The second kappa shape index (κ2) is 9.80. The van der Waals surface area contributed by atoms with Gasteiger partial charge in [-0.2, -0.15) is 0 Å². The lowest BCUT2D eigenvalue weighted by Crippen LogP contribution is -2.41. The van der Waals surface area contributed by atoms with Gasteiger partial charge in [0.05, 0.1) is 20.3 Å².